The molecule has 0 unspecified atom stereocenters. The first kappa shape index (κ1) is 15.7. The summed E-state index contributed by atoms with van der Waals surface area (Å²) in [5, 5.41) is 4.15. The van der Waals surface area contributed by atoms with Crippen molar-refractivity contribution in [1.82, 2.24) is 19.6 Å². The maximum atomic E-state index is 13.7. The first-order valence-corrected chi connectivity index (χ1v) is 7.84. The molecule has 0 radical (unpaired) electrons. The molecule has 1 fully saturated rings. The molecule has 0 atom stereocenters. The first-order valence-electron chi connectivity index (χ1n) is 7.84. The Morgan fingerprint density at radius 3 is 2.61 bits per heavy atom. The predicted octanol–water partition coefficient (Wildman–Crippen LogP) is 1.68. The van der Waals surface area contributed by atoms with Gasteiger partial charge in [0.15, 0.2) is 0 Å². The predicted molar refractivity (Wildman–Crippen MR) is 85.2 cm³/mol. The summed E-state index contributed by atoms with van der Waals surface area (Å²) in [6, 6.07) is 6.85. The van der Waals surface area contributed by atoms with Gasteiger partial charge in [0.05, 0.1) is 6.20 Å². The van der Waals surface area contributed by atoms with E-state index in [1.165, 1.54) is 6.07 Å². The van der Waals surface area contributed by atoms with Crippen LogP contribution in [0.1, 0.15) is 11.1 Å². The molecule has 0 N–H and O–H groups in total. The molecule has 1 aromatic heterocycles. The molecule has 2 aromatic rings. The fourth-order valence-corrected chi connectivity index (χ4v) is 2.81. The highest BCUT2D eigenvalue weighted by Gasteiger charge is 2.21. The van der Waals surface area contributed by atoms with Crippen LogP contribution in [-0.2, 0) is 17.9 Å². The number of nitrogens with zero attached hydrogens (tertiary/aromatic N) is 4. The van der Waals surface area contributed by atoms with E-state index in [4.69, 9.17) is 0 Å². The lowest BCUT2D eigenvalue weighted by molar-refractivity contribution is -0.133. The zero-order chi connectivity index (χ0) is 16.2. The maximum Gasteiger partial charge on any atom is 0.244 e. The Balaban J connectivity index is 1.50. The van der Waals surface area contributed by atoms with E-state index in [-0.39, 0.29) is 18.3 Å². The molecule has 0 aliphatic carbocycles. The van der Waals surface area contributed by atoms with Gasteiger partial charge in [0.1, 0.15) is 12.4 Å². The number of aryl methyl sites for hydroxylation is 1. The summed E-state index contributed by atoms with van der Waals surface area (Å²) in [7, 11) is 0. The molecule has 23 heavy (non-hydrogen) atoms. The lowest BCUT2D eigenvalue weighted by atomic mass is 10.2. The number of hydrogen-bond donors (Lipinski definition) is 0. The van der Waals surface area contributed by atoms with Crippen LogP contribution < -0.4 is 0 Å². The van der Waals surface area contributed by atoms with E-state index in [0.717, 1.165) is 18.7 Å². The Morgan fingerprint density at radius 1 is 1.22 bits per heavy atom. The monoisotopic (exact) mass is 316 g/mol. The van der Waals surface area contributed by atoms with Gasteiger partial charge >= 0.3 is 0 Å². The van der Waals surface area contributed by atoms with Gasteiger partial charge in [-0.15, -0.1) is 0 Å². The molecule has 3 rings (SSSR count). The summed E-state index contributed by atoms with van der Waals surface area (Å²) in [6.07, 6.45) is 3.62. The Kier molecular flexibility index (Phi) is 4.71. The summed E-state index contributed by atoms with van der Waals surface area (Å²) in [5.41, 5.74) is 1.76. The van der Waals surface area contributed by atoms with Gasteiger partial charge in [-0.05, 0) is 18.6 Å². The molecule has 0 bridgehead atoms. The third-order valence-corrected chi connectivity index (χ3v) is 4.14. The third kappa shape index (κ3) is 3.96. The minimum atomic E-state index is -0.167. The van der Waals surface area contributed by atoms with Crippen molar-refractivity contribution < 1.29 is 9.18 Å². The smallest absolute Gasteiger partial charge is 0.244 e. The number of piperazine rings is 1. The molecule has 1 saturated heterocycles. The van der Waals surface area contributed by atoms with Crippen LogP contribution in [0, 0.1) is 12.7 Å². The van der Waals surface area contributed by atoms with Crippen molar-refractivity contribution in [2.45, 2.75) is 20.0 Å². The van der Waals surface area contributed by atoms with E-state index in [0.29, 0.717) is 25.2 Å². The number of halogens is 1. The Morgan fingerprint density at radius 2 is 1.96 bits per heavy atom. The van der Waals surface area contributed by atoms with Gasteiger partial charge in [-0.2, -0.15) is 5.10 Å². The van der Waals surface area contributed by atoms with E-state index in [1.807, 2.05) is 30.2 Å². The molecule has 1 aliphatic rings. The van der Waals surface area contributed by atoms with Crippen molar-refractivity contribution in [3.8, 4) is 0 Å². The van der Waals surface area contributed by atoms with E-state index in [2.05, 4.69) is 10.00 Å². The van der Waals surface area contributed by atoms with Gasteiger partial charge in [0, 0.05) is 44.5 Å². The van der Waals surface area contributed by atoms with Crippen LogP contribution in [0.25, 0.3) is 0 Å². The molecule has 2 heterocycles. The zero-order valence-corrected chi connectivity index (χ0v) is 13.3. The Labute approximate surface area is 135 Å². The normalized spacial score (nSPS) is 15.8. The van der Waals surface area contributed by atoms with Gasteiger partial charge in [-0.1, -0.05) is 18.2 Å². The fourth-order valence-electron chi connectivity index (χ4n) is 2.81. The summed E-state index contributed by atoms with van der Waals surface area (Å²) in [6.45, 7) is 5.70. The van der Waals surface area contributed by atoms with Crippen molar-refractivity contribution in [2.24, 2.45) is 0 Å². The van der Waals surface area contributed by atoms with E-state index in [1.54, 1.807) is 16.9 Å². The molecular formula is C17H21FN4O. The molecule has 6 heteroatoms. The highest BCUT2D eigenvalue weighted by atomic mass is 19.1. The fraction of sp³-hybridized carbons (Fsp3) is 0.412. The van der Waals surface area contributed by atoms with Gasteiger partial charge < -0.3 is 4.90 Å². The van der Waals surface area contributed by atoms with Crippen molar-refractivity contribution in [2.75, 3.05) is 26.2 Å². The van der Waals surface area contributed by atoms with Crippen LogP contribution in [0.5, 0.6) is 0 Å². The van der Waals surface area contributed by atoms with Crippen molar-refractivity contribution in [3.63, 3.8) is 0 Å². The molecule has 0 spiro atoms. The minimum Gasteiger partial charge on any atom is -0.339 e. The highest BCUT2D eigenvalue weighted by Crippen LogP contribution is 2.12. The van der Waals surface area contributed by atoms with Gasteiger partial charge in [-0.25, -0.2) is 4.39 Å². The topological polar surface area (TPSA) is 41.4 Å². The summed E-state index contributed by atoms with van der Waals surface area (Å²) < 4.78 is 15.4. The van der Waals surface area contributed by atoms with Crippen LogP contribution in [0.3, 0.4) is 0 Å². The number of aromatic nitrogens is 2. The van der Waals surface area contributed by atoms with E-state index in [9.17, 15) is 9.18 Å². The molecule has 1 amide bonds. The molecule has 0 saturated carbocycles. The average Bonchev–Trinajstić information content (AvgIpc) is 2.95. The second-order valence-electron chi connectivity index (χ2n) is 5.96. The first-order chi connectivity index (χ1) is 11.1. The molecular weight excluding hydrogens is 295 g/mol. The number of carbonyl (C=O) groups excluding carboxylic acids is 1. The second kappa shape index (κ2) is 6.91. The number of amides is 1. The SMILES string of the molecule is Cc1cnn(CC(=O)N2CCN(Cc3ccccc3F)CC2)c1. The Bertz CT molecular complexity index is 677. The second-order valence-corrected chi connectivity index (χ2v) is 5.96. The summed E-state index contributed by atoms with van der Waals surface area (Å²) >= 11 is 0. The lowest BCUT2D eigenvalue weighted by Gasteiger charge is -2.34. The van der Waals surface area contributed by atoms with E-state index >= 15 is 0 Å². The number of rotatable bonds is 4. The lowest BCUT2D eigenvalue weighted by Crippen LogP contribution is -2.49. The van der Waals surface area contributed by atoms with Crippen molar-refractivity contribution in [3.05, 3.63) is 53.6 Å². The van der Waals surface area contributed by atoms with Crippen LogP contribution in [0.15, 0.2) is 36.7 Å². The highest BCUT2D eigenvalue weighted by molar-refractivity contribution is 5.76. The van der Waals surface area contributed by atoms with Crippen LogP contribution >= 0.6 is 0 Å². The largest absolute Gasteiger partial charge is 0.339 e. The van der Waals surface area contributed by atoms with Gasteiger partial charge in [0.2, 0.25) is 5.91 Å². The van der Waals surface area contributed by atoms with Crippen molar-refractivity contribution in [1.29, 1.82) is 0 Å². The number of benzene rings is 1. The minimum absolute atomic E-state index is 0.0821. The third-order valence-electron chi connectivity index (χ3n) is 4.14. The van der Waals surface area contributed by atoms with E-state index < -0.39 is 0 Å². The van der Waals surface area contributed by atoms with Gasteiger partial charge in [-0.3, -0.25) is 14.4 Å². The number of carbonyl (C=O) groups is 1. The standard InChI is InChI=1S/C17H21FN4O/c1-14-10-19-22(11-14)13-17(23)21-8-6-20(7-9-21)12-15-4-2-3-5-16(15)18/h2-5,10-11H,6-9,12-13H2,1H3. The van der Waals surface area contributed by atoms with Crippen LogP contribution in [0.4, 0.5) is 4.39 Å². The maximum absolute atomic E-state index is 13.7. The zero-order valence-electron chi connectivity index (χ0n) is 13.3. The van der Waals surface area contributed by atoms with Gasteiger partial charge in [0.25, 0.3) is 0 Å². The summed E-state index contributed by atoms with van der Waals surface area (Å²) in [5.74, 6) is -0.0845. The van der Waals surface area contributed by atoms with Crippen LogP contribution in [0.2, 0.25) is 0 Å². The Hall–Kier alpha value is -2.21. The quantitative estimate of drug-likeness (QED) is 0.862. The molecule has 1 aromatic carbocycles. The van der Waals surface area contributed by atoms with Crippen molar-refractivity contribution >= 4 is 5.91 Å². The molecule has 1 aliphatic heterocycles. The summed E-state index contributed by atoms with van der Waals surface area (Å²) in [4.78, 5) is 16.3. The molecule has 5 nitrogen and oxygen atoms in total. The van der Waals surface area contributed by atoms with Crippen LogP contribution in [-0.4, -0.2) is 51.7 Å². The number of hydrogen-bond acceptors (Lipinski definition) is 3. The molecule has 122 valence electrons. The average molecular weight is 316 g/mol.